The van der Waals surface area contributed by atoms with Gasteiger partial charge in [-0.3, -0.25) is 4.79 Å². The van der Waals surface area contributed by atoms with E-state index < -0.39 is 0 Å². The number of hydrogen-bond acceptors (Lipinski definition) is 2. The van der Waals surface area contributed by atoms with Gasteiger partial charge in [0.2, 0.25) is 5.91 Å². The number of carbonyl (C=O) groups excluding carboxylic acids is 1. The first kappa shape index (κ1) is 17.5. The van der Waals surface area contributed by atoms with Crippen LogP contribution in [0.5, 0.6) is 5.75 Å². The molecule has 3 nitrogen and oxygen atoms in total. The molecule has 0 aromatic heterocycles. The van der Waals surface area contributed by atoms with Crippen LogP contribution in [0.1, 0.15) is 43.2 Å². The number of rotatable bonds is 6. The molecule has 4 heteroatoms. The van der Waals surface area contributed by atoms with Crippen LogP contribution in [-0.2, 0) is 16.8 Å². The molecule has 2 aromatic carbocycles. The van der Waals surface area contributed by atoms with Gasteiger partial charge in [0.15, 0.2) is 0 Å². The van der Waals surface area contributed by atoms with Gasteiger partial charge in [0, 0.05) is 6.42 Å². The van der Waals surface area contributed by atoms with Crippen molar-refractivity contribution in [1.29, 1.82) is 0 Å². The first-order chi connectivity index (χ1) is 12.1. The van der Waals surface area contributed by atoms with Crippen LogP contribution in [0.25, 0.3) is 0 Å². The van der Waals surface area contributed by atoms with Gasteiger partial charge in [0.1, 0.15) is 11.6 Å². The number of methoxy groups -OCH3 is 1. The largest absolute Gasteiger partial charge is 0.497 e. The maximum Gasteiger partial charge on any atom is 0.221 e. The van der Waals surface area contributed by atoms with Gasteiger partial charge in [-0.2, -0.15) is 0 Å². The summed E-state index contributed by atoms with van der Waals surface area (Å²) in [5.74, 6) is 0.590. The second kappa shape index (κ2) is 7.68. The molecule has 1 aliphatic rings. The van der Waals surface area contributed by atoms with Crippen molar-refractivity contribution in [2.75, 3.05) is 7.11 Å². The Morgan fingerprint density at radius 2 is 1.88 bits per heavy atom. The molecule has 0 spiro atoms. The van der Waals surface area contributed by atoms with Crippen LogP contribution in [0.3, 0.4) is 0 Å². The monoisotopic (exact) mass is 341 g/mol. The molecule has 0 saturated heterocycles. The highest BCUT2D eigenvalue weighted by Crippen LogP contribution is 2.38. The number of nitrogens with one attached hydrogen (secondary N) is 1. The number of amides is 1. The van der Waals surface area contributed by atoms with Gasteiger partial charge in [-0.1, -0.05) is 37.1 Å². The van der Waals surface area contributed by atoms with Gasteiger partial charge in [-0.15, -0.1) is 0 Å². The van der Waals surface area contributed by atoms with Crippen LogP contribution >= 0.6 is 0 Å². The number of halogens is 1. The zero-order valence-electron chi connectivity index (χ0n) is 14.6. The summed E-state index contributed by atoms with van der Waals surface area (Å²) in [6, 6.07) is 14.3. The molecule has 0 unspecified atom stereocenters. The number of ether oxygens (including phenoxy) is 1. The van der Waals surface area contributed by atoms with Gasteiger partial charge < -0.3 is 10.1 Å². The summed E-state index contributed by atoms with van der Waals surface area (Å²) < 4.78 is 18.5. The van der Waals surface area contributed by atoms with Crippen molar-refractivity contribution in [3.05, 3.63) is 65.5 Å². The van der Waals surface area contributed by atoms with E-state index in [4.69, 9.17) is 4.74 Å². The summed E-state index contributed by atoms with van der Waals surface area (Å²) in [6.45, 7) is 0. The predicted octanol–water partition coefficient (Wildman–Crippen LogP) is 4.35. The Balaban J connectivity index is 1.66. The highest BCUT2D eigenvalue weighted by atomic mass is 19.1. The van der Waals surface area contributed by atoms with Crippen LogP contribution in [0.15, 0.2) is 48.5 Å². The molecule has 0 bridgehead atoms. The molecular weight excluding hydrogens is 317 g/mol. The quantitative estimate of drug-likeness (QED) is 0.848. The average molecular weight is 341 g/mol. The molecular formula is C21H24FNO2. The van der Waals surface area contributed by atoms with Crippen LogP contribution in [0, 0.1) is 5.82 Å². The zero-order chi connectivity index (χ0) is 17.7. The molecule has 1 fully saturated rings. The second-order valence-electron chi connectivity index (χ2n) is 6.70. The fourth-order valence-corrected chi connectivity index (χ4v) is 3.65. The summed E-state index contributed by atoms with van der Waals surface area (Å²) in [7, 11) is 1.64. The molecule has 0 aliphatic heterocycles. The Bertz CT molecular complexity index is 721. The van der Waals surface area contributed by atoms with E-state index in [1.807, 2.05) is 24.3 Å². The molecule has 25 heavy (non-hydrogen) atoms. The van der Waals surface area contributed by atoms with Crippen LogP contribution in [0.4, 0.5) is 4.39 Å². The van der Waals surface area contributed by atoms with Crippen LogP contribution < -0.4 is 10.1 Å². The molecule has 3 rings (SSSR count). The summed E-state index contributed by atoms with van der Waals surface area (Å²) in [6.07, 6.45) is 5.06. The lowest BCUT2D eigenvalue weighted by atomic mass is 9.88. The van der Waals surface area contributed by atoms with E-state index in [9.17, 15) is 9.18 Å². The molecule has 132 valence electrons. The van der Waals surface area contributed by atoms with E-state index in [0.717, 1.165) is 42.6 Å². The summed E-state index contributed by atoms with van der Waals surface area (Å²) >= 11 is 0. The summed E-state index contributed by atoms with van der Waals surface area (Å²) in [5.41, 5.74) is 1.73. The minimum absolute atomic E-state index is 0.0362. The van der Waals surface area contributed by atoms with Crippen molar-refractivity contribution in [2.45, 2.75) is 44.1 Å². The predicted molar refractivity (Wildman–Crippen MR) is 96.0 cm³/mol. The van der Waals surface area contributed by atoms with E-state index >= 15 is 0 Å². The Labute approximate surface area is 148 Å². The van der Waals surface area contributed by atoms with E-state index in [0.29, 0.717) is 12.8 Å². The first-order valence-corrected chi connectivity index (χ1v) is 8.81. The van der Waals surface area contributed by atoms with Crippen molar-refractivity contribution >= 4 is 5.91 Å². The lowest BCUT2D eigenvalue weighted by molar-refractivity contribution is -0.123. The molecule has 0 radical (unpaired) electrons. The SMILES string of the molecule is COc1cccc(CCC(=O)NC2(c3ccc(F)cc3)CCCC2)c1. The van der Waals surface area contributed by atoms with Crippen molar-refractivity contribution in [3.8, 4) is 5.75 Å². The molecule has 2 aromatic rings. The number of carbonyl (C=O) groups is 1. The van der Waals surface area contributed by atoms with Crippen molar-refractivity contribution in [2.24, 2.45) is 0 Å². The Morgan fingerprint density at radius 1 is 1.16 bits per heavy atom. The molecule has 1 saturated carbocycles. The van der Waals surface area contributed by atoms with Gasteiger partial charge >= 0.3 is 0 Å². The molecule has 0 atom stereocenters. The fourth-order valence-electron chi connectivity index (χ4n) is 3.65. The number of aryl methyl sites for hydroxylation is 1. The summed E-state index contributed by atoms with van der Waals surface area (Å²) in [4.78, 5) is 12.6. The van der Waals surface area contributed by atoms with E-state index in [2.05, 4.69) is 5.32 Å². The standard InChI is InChI=1S/C21H24FNO2/c1-25-19-6-4-5-16(15-19)7-12-20(24)23-21(13-2-3-14-21)17-8-10-18(22)11-9-17/h4-6,8-11,15H,2-3,7,12-14H2,1H3,(H,23,24). The lowest BCUT2D eigenvalue weighted by Gasteiger charge is -2.31. The maximum atomic E-state index is 13.2. The van der Waals surface area contributed by atoms with E-state index in [1.54, 1.807) is 19.2 Å². The number of benzene rings is 2. The normalized spacial score (nSPS) is 15.8. The third-order valence-corrected chi connectivity index (χ3v) is 5.01. The highest BCUT2D eigenvalue weighted by Gasteiger charge is 2.36. The third kappa shape index (κ3) is 4.19. The molecule has 0 heterocycles. The van der Waals surface area contributed by atoms with Gasteiger partial charge in [0.05, 0.1) is 12.6 Å². The third-order valence-electron chi connectivity index (χ3n) is 5.01. The molecule has 1 N–H and O–H groups in total. The van der Waals surface area contributed by atoms with Crippen molar-refractivity contribution in [1.82, 2.24) is 5.32 Å². The average Bonchev–Trinajstić information content (AvgIpc) is 3.10. The first-order valence-electron chi connectivity index (χ1n) is 8.81. The van der Waals surface area contributed by atoms with Crippen LogP contribution in [0.2, 0.25) is 0 Å². The van der Waals surface area contributed by atoms with Crippen molar-refractivity contribution < 1.29 is 13.9 Å². The Kier molecular flexibility index (Phi) is 5.37. The minimum atomic E-state index is -0.348. The number of hydrogen-bond donors (Lipinski definition) is 1. The topological polar surface area (TPSA) is 38.3 Å². The highest BCUT2D eigenvalue weighted by molar-refractivity contribution is 5.77. The smallest absolute Gasteiger partial charge is 0.221 e. The zero-order valence-corrected chi connectivity index (χ0v) is 14.6. The molecule has 1 amide bonds. The second-order valence-corrected chi connectivity index (χ2v) is 6.70. The summed E-state index contributed by atoms with van der Waals surface area (Å²) in [5, 5.41) is 3.23. The van der Waals surface area contributed by atoms with E-state index in [1.165, 1.54) is 12.1 Å². The fraction of sp³-hybridized carbons (Fsp3) is 0.381. The van der Waals surface area contributed by atoms with Crippen molar-refractivity contribution in [3.63, 3.8) is 0 Å². The van der Waals surface area contributed by atoms with Gasteiger partial charge in [0.25, 0.3) is 0 Å². The lowest BCUT2D eigenvalue weighted by Crippen LogP contribution is -2.43. The maximum absolute atomic E-state index is 13.2. The minimum Gasteiger partial charge on any atom is -0.497 e. The van der Waals surface area contributed by atoms with Crippen LogP contribution in [-0.4, -0.2) is 13.0 Å². The Morgan fingerprint density at radius 3 is 2.56 bits per heavy atom. The van der Waals surface area contributed by atoms with Gasteiger partial charge in [-0.05, 0) is 54.7 Å². The molecule has 1 aliphatic carbocycles. The van der Waals surface area contributed by atoms with Gasteiger partial charge in [-0.25, -0.2) is 4.39 Å². The van der Waals surface area contributed by atoms with E-state index in [-0.39, 0.29) is 17.3 Å². The Hall–Kier alpha value is -2.36.